The van der Waals surface area contributed by atoms with E-state index in [-0.39, 0.29) is 5.82 Å². The van der Waals surface area contributed by atoms with Crippen LogP contribution in [0, 0.1) is 11.7 Å². The van der Waals surface area contributed by atoms with Crippen LogP contribution in [0.25, 0.3) is 0 Å². The Bertz CT molecular complexity index is 263. The van der Waals surface area contributed by atoms with Gasteiger partial charge in [-0.3, -0.25) is 0 Å². The average Bonchev–Trinajstić information content (AvgIpc) is 2.02. The lowest BCUT2D eigenvalue weighted by atomic mass is 9.99. The Kier molecular flexibility index (Phi) is 3.73. The highest BCUT2D eigenvalue weighted by Crippen LogP contribution is 2.18. The highest BCUT2D eigenvalue weighted by atomic mass is 35.5. The molecule has 0 saturated heterocycles. The molecule has 0 heterocycles. The van der Waals surface area contributed by atoms with Crippen molar-refractivity contribution in [3.05, 3.63) is 34.6 Å². The average molecular weight is 201 g/mol. The molecule has 0 aromatic heterocycles. The predicted molar refractivity (Wildman–Crippen MR) is 54.6 cm³/mol. The molecular weight excluding hydrogens is 187 g/mol. The van der Waals surface area contributed by atoms with Crippen LogP contribution in [0.5, 0.6) is 0 Å². The number of halogens is 2. The minimum absolute atomic E-state index is 0.245. The maximum Gasteiger partial charge on any atom is 0.124 e. The van der Waals surface area contributed by atoms with Crippen molar-refractivity contribution in [3.63, 3.8) is 0 Å². The van der Waals surface area contributed by atoms with Gasteiger partial charge in [-0.2, -0.15) is 0 Å². The first-order valence-electron chi connectivity index (χ1n) is 4.56. The summed E-state index contributed by atoms with van der Waals surface area (Å²) in [5, 5.41) is 0.485. The summed E-state index contributed by atoms with van der Waals surface area (Å²) in [6, 6.07) is 4.72. The molecule has 0 fully saturated rings. The van der Waals surface area contributed by atoms with Gasteiger partial charge in [0.2, 0.25) is 0 Å². The Morgan fingerprint density at radius 1 is 1.38 bits per heavy atom. The monoisotopic (exact) mass is 200 g/mol. The minimum atomic E-state index is -0.245. The van der Waals surface area contributed by atoms with Crippen molar-refractivity contribution in [1.82, 2.24) is 0 Å². The summed E-state index contributed by atoms with van der Waals surface area (Å²) < 4.78 is 12.9. The maximum absolute atomic E-state index is 12.9. The van der Waals surface area contributed by atoms with Crippen LogP contribution < -0.4 is 0 Å². The zero-order chi connectivity index (χ0) is 9.84. The lowest BCUT2D eigenvalue weighted by molar-refractivity contribution is 0.555. The molecule has 13 heavy (non-hydrogen) atoms. The van der Waals surface area contributed by atoms with Gasteiger partial charge in [0.05, 0.1) is 0 Å². The second-order valence-corrected chi connectivity index (χ2v) is 3.93. The molecule has 0 nitrogen and oxygen atoms in total. The van der Waals surface area contributed by atoms with Gasteiger partial charge in [0.1, 0.15) is 5.82 Å². The molecule has 0 aliphatic carbocycles. The third-order valence-corrected chi connectivity index (χ3v) is 2.42. The first-order chi connectivity index (χ1) is 6.11. The molecule has 0 radical (unpaired) electrons. The summed E-state index contributed by atoms with van der Waals surface area (Å²) >= 11 is 5.74. The van der Waals surface area contributed by atoms with E-state index < -0.39 is 0 Å². The number of benzene rings is 1. The van der Waals surface area contributed by atoms with Gasteiger partial charge in [-0.15, -0.1) is 0 Å². The van der Waals surface area contributed by atoms with Gasteiger partial charge in [0.25, 0.3) is 0 Å². The highest BCUT2D eigenvalue weighted by Gasteiger charge is 2.03. The zero-order valence-corrected chi connectivity index (χ0v) is 8.74. The summed E-state index contributed by atoms with van der Waals surface area (Å²) in [6.07, 6.45) is 2.00. The molecule has 0 aliphatic heterocycles. The van der Waals surface area contributed by atoms with Gasteiger partial charge in [-0.25, -0.2) is 4.39 Å². The number of hydrogen-bond acceptors (Lipinski definition) is 0. The van der Waals surface area contributed by atoms with Gasteiger partial charge in [0.15, 0.2) is 0 Å². The second kappa shape index (κ2) is 4.61. The third kappa shape index (κ3) is 3.35. The number of rotatable bonds is 3. The maximum atomic E-state index is 12.9. The van der Waals surface area contributed by atoms with Crippen LogP contribution in [0.1, 0.15) is 25.8 Å². The van der Waals surface area contributed by atoms with Crippen LogP contribution >= 0.6 is 11.6 Å². The first-order valence-corrected chi connectivity index (χ1v) is 4.94. The van der Waals surface area contributed by atoms with Crippen molar-refractivity contribution in [1.29, 1.82) is 0 Å². The van der Waals surface area contributed by atoms with Crippen molar-refractivity contribution in [3.8, 4) is 0 Å². The lowest BCUT2D eigenvalue weighted by Crippen LogP contribution is -1.98. The quantitative estimate of drug-likeness (QED) is 0.690. The molecule has 1 unspecified atom stereocenters. The van der Waals surface area contributed by atoms with Crippen LogP contribution in [-0.4, -0.2) is 0 Å². The Balaban J connectivity index is 2.77. The van der Waals surface area contributed by atoms with Crippen molar-refractivity contribution in [2.45, 2.75) is 26.7 Å². The Labute approximate surface area is 83.7 Å². The fourth-order valence-electron chi connectivity index (χ4n) is 1.28. The second-order valence-electron chi connectivity index (χ2n) is 3.50. The SMILES string of the molecule is CCC(C)Cc1cc(F)cc(Cl)c1. The van der Waals surface area contributed by atoms with Crippen molar-refractivity contribution >= 4 is 11.6 Å². The van der Waals surface area contributed by atoms with Gasteiger partial charge in [-0.1, -0.05) is 31.9 Å². The van der Waals surface area contributed by atoms with E-state index in [1.807, 2.05) is 6.07 Å². The molecule has 0 spiro atoms. The molecule has 0 aliphatic rings. The Morgan fingerprint density at radius 3 is 2.62 bits per heavy atom. The van der Waals surface area contributed by atoms with E-state index in [0.29, 0.717) is 10.9 Å². The van der Waals surface area contributed by atoms with Crippen LogP contribution in [-0.2, 0) is 6.42 Å². The van der Waals surface area contributed by atoms with Crippen molar-refractivity contribution in [2.24, 2.45) is 5.92 Å². The fraction of sp³-hybridized carbons (Fsp3) is 0.455. The molecule has 1 atom stereocenters. The van der Waals surface area contributed by atoms with E-state index in [0.717, 1.165) is 18.4 Å². The molecule has 0 bridgehead atoms. The van der Waals surface area contributed by atoms with Gasteiger partial charge in [0, 0.05) is 5.02 Å². The van der Waals surface area contributed by atoms with Crippen LogP contribution in [0.2, 0.25) is 5.02 Å². The van der Waals surface area contributed by atoms with E-state index in [1.54, 1.807) is 6.07 Å². The molecule has 0 amide bonds. The topological polar surface area (TPSA) is 0 Å². The van der Waals surface area contributed by atoms with E-state index in [1.165, 1.54) is 6.07 Å². The van der Waals surface area contributed by atoms with Gasteiger partial charge < -0.3 is 0 Å². The molecule has 1 rings (SSSR count). The molecule has 2 heteroatoms. The molecular formula is C11H14ClF. The predicted octanol–water partition coefficient (Wildman–Crippen LogP) is 4.07. The van der Waals surface area contributed by atoms with Crippen molar-refractivity contribution in [2.75, 3.05) is 0 Å². The Hall–Kier alpha value is -0.560. The van der Waals surface area contributed by atoms with E-state index in [9.17, 15) is 4.39 Å². The summed E-state index contributed by atoms with van der Waals surface area (Å²) in [6.45, 7) is 4.28. The fourth-order valence-corrected chi connectivity index (χ4v) is 1.52. The summed E-state index contributed by atoms with van der Waals surface area (Å²) in [5.41, 5.74) is 0.986. The third-order valence-electron chi connectivity index (χ3n) is 2.20. The lowest BCUT2D eigenvalue weighted by Gasteiger charge is -2.08. The van der Waals surface area contributed by atoms with E-state index in [2.05, 4.69) is 13.8 Å². The largest absolute Gasteiger partial charge is 0.207 e. The van der Waals surface area contributed by atoms with Gasteiger partial charge >= 0.3 is 0 Å². The highest BCUT2D eigenvalue weighted by molar-refractivity contribution is 6.30. The van der Waals surface area contributed by atoms with Crippen molar-refractivity contribution < 1.29 is 4.39 Å². The molecule has 1 aromatic rings. The summed E-state index contributed by atoms with van der Waals surface area (Å²) in [7, 11) is 0. The molecule has 0 N–H and O–H groups in total. The first kappa shape index (κ1) is 10.5. The normalized spacial score (nSPS) is 12.9. The minimum Gasteiger partial charge on any atom is -0.207 e. The summed E-state index contributed by atoms with van der Waals surface area (Å²) in [5.74, 6) is 0.337. The van der Waals surface area contributed by atoms with Crippen LogP contribution in [0.15, 0.2) is 18.2 Å². The number of hydrogen-bond donors (Lipinski definition) is 0. The van der Waals surface area contributed by atoms with Gasteiger partial charge in [-0.05, 0) is 36.1 Å². The zero-order valence-electron chi connectivity index (χ0n) is 7.98. The van der Waals surface area contributed by atoms with E-state index >= 15 is 0 Å². The Morgan fingerprint density at radius 2 is 2.08 bits per heavy atom. The standard InChI is InChI=1S/C11H14ClF/c1-3-8(2)4-9-5-10(12)7-11(13)6-9/h5-8H,3-4H2,1-2H3. The smallest absolute Gasteiger partial charge is 0.124 e. The molecule has 0 saturated carbocycles. The molecule has 1 aromatic carbocycles. The van der Waals surface area contributed by atoms with Crippen LogP contribution in [0.4, 0.5) is 4.39 Å². The van der Waals surface area contributed by atoms with Crippen LogP contribution in [0.3, 0.4) is 0 Å². The molecule has 72 valence electrons. The summed E-state index contributed by atoms with van der Waals surface area (Å²) in [4.78, 5) is 0. The van der Waals surface area contributed by atoms with E-state index in [4.69, 9.17) is 11.6 Å².